The molecule has 2 N–H and O–H groups in total. The van der Waals surface area contributed by atoms with E-state index in [1.807, 2.05) is 6.92 Å². The number of aromatic amines is 1. The maximum Gasteiger partial charge on any atom is 0.252 e. The lowest BCUT2D eigenvalue weighted by molar-refractivity contribution is 0.509. The molecule has 0 bridgehead atoms. The van der Waals surface area contributed by atoms with Crippen LogP contribution >= 0.6 is 0 Å². The number of H-pyrrole nitrogens is 1. The summed E-state index contributed by atoms with van der Waals surface area (Å²) >= 11 is 0. The van der Waals surface area contributed by atoms with Gasteiger partial charge in [-0.2, -0.15) is 0 Å². The monoisotopic (exact) mass is 251 g/mol. The summed E-state index contributed by atoms with van der Waals surface area (Å²) in [6.07, 6.45) is 0.608. The van der Waals surface area contributed by atoms with Gasteiger partial charge >= 0.3 is 0 Å². The molecule has 0 atom stereocenters. The van der Waals surface area contributed by atoms with E-state index in [1.165, 1.54) is 12.1 Å². The second kappa shape index (κ2) is 4.95. The Morgan fingerprint density at radius 3 is 2.72 bits per heavy atom. The first-order valence-electron chi connectivity index (χ1n) is 5.41. The number of rotatable bonds is 3. The van der Waals surface area contributed by atoms with Gasteiger partial charge in [-0.1, -0.05) is 6.92 Å². The van der Waals surface area contributed by atoms with Crippen LogP contribution in [-0.4, -0.2) is 9.97 Å². The fourth-order valence-electron chi connectivity index (χ4n) is 1.46. The second-order valence-electron chi connectivity index (χ2n) is 3.69. The predicted molar refractivity (Wildman–Crippen MR) is 63.9 cm³/mol. The molecule has 0 spiro atoms. The number of benzene rings is 1. The van der Waals surface area contributed by atoms with Crippen molar-refractivity contribution < 1.29 is 8.78 Å². The molecule has 0 saturated heterocycles. The fraction of sp³-hybridized carbons (Fsp3) is 0.167. The van der Waals surface area contributed by atoms with E-state index < -0.39 is 11.6 Å². The molecule has 0 aliphatic heterocycles. The Labute approximate surface area is 102 Å². The van der Waals surface area contributed by atoms with E-state index in [9.17, 15) is 13.6 Å². The van der Waals surface area contributed by atoms with E-state index in [2.05, 4.69) is 15.3 Å². The highest BCUT2D eigenvalue weighted by Crippen LogP contribution is 2.15. The van der Waals surface area contributed by atoms with Crippen LogP contribution in [0.3, 0.4) is 0 Å². The highest BCUT2D eigenvalue weighted by molar-refractivity contribution is 5.53. The van der Waals surface area contributed by atoms with Crippen molar-refractivity contribution in [1.29, 1.82) is 0 Å². The highest BCUT2D eigenvalue weighted by atomic mass is 19.2. The van der Waals surface area contributed by atoms with Gasteiger partial charge in [0, 0.05) is 23.5 Å². The Morgan fingerprint density at radius 1 is 1.28 bits per heavy atom. The first kappa shape index (κ1) is 12.2. The minimum absolute atomic E-state index is 0.199. The lowest BCUT2D eigenvalue weighted by Gasteiger charge is -2.06. The van der Waals surface area contributed by atoms with Gasteiger partial charge in [0.1, 0.15) is 0 Å². The second-order valence-corrected chi connectivity index (χ2v) is 3.69. The first-order valence-corrected chi connectivity index (χ1v) is 5.41. The molecule has 0 unspecified atom stereocenters. The van der Waals surface area contributed by atoms with Crippen LogP contribution in [0.15, 0.2) is 29.1 Å². The molecular weight excluding hydrogens is 240 g/mol. The number of aromatic nitrogens is 2. The van der Waals surface area contributed by atoms with Crippen LogP contribution in [0.25, 0.3) is 0 Å². The van der Waals surface area contributed by atoms with Gasteiger partial charge in [0.25, 0.3) is 5.56 Å². The van der Waals surface area contributed by atoms with E-state index >= 15 is 0 Å². The summed E-state index contributed by atoms with van der Waals surface area (Å²) < 4.78 is 25.7. The number of nitrogens with zero attached hydrogens (tertiary/aromatic N) is 1. The summed E-state index contributed by atoms with van der Waals surface area (Å²) in [6.45, 7) is 1.86. The van der Waals surface area contributed by atoms with E-state index in [0.717, 1.165) is 12.1 Å². The maximum atomic E-state index is 13.0. The molecule has 4 nitrogen and oxygen atoms in total. The average Bonchev–Trinajstić information content (AvgIpc) is 2.33. The maximum absolute atomic E-state index is 13.0. The van der Waals surface area contributed by atoms with Crippen LogP contribution in [-0.2, 0) is 6.42 Å². The van der Waals surface area contributed by atoms with E-state index in [4.69, 9.17) is 0 Å². The number of hydrogen-bond donors (Lipinski definition) is 2. The lowest BCUT2D eigenvalue weighted by Crippen LogP contribution is -2.11. The van der Waals surface area contributed by atoms with Crippen molar-refractivity contribution in [1.82, 2.24) is 9.97 Å². The van der Waals surface area contributed by atoms with Gasteiger partial charge in [-0.25, -0.2) is 13.8 Å². The van der Waals surface area contributed by atoms with Gasteiger partial charge in [0.05, 0.1) is 0 Å². The lowest BCUT2D eigenvalue weighted by atomic mass is 10.3. The predicted octanol–water partition coefficient (Wildman–Crippen LogP) is 2.35. The molecule has 0 aliphatic rings. The highest BCUT2D eigenvalue weighted by Gasteiger charge is 2.04. The van der Waals surface area contributed by atoms with Crippen molar-refractivity contribution in [2.75, 3.05) is 5.32 Å². The van der Waals surface area contributed by atoms with Crippen molar-refractivity contribution >= 4 is 11.6 Å². The Kier molecular flexibility index (Phi) is 3.36. The van der Waals surface area contributed by atoms with Crippen molar-refractivity contribution in [3.05, 3.63) is 51.9 Å². The molecule has 2 aromatic rings. The van der Waals surface area contributed by atoms with E-state index in [-0.39, 0.29) is 11.5 Å². The molecule has 0 amide bonds. The van der Waals surface area contributed by atoms with Gasteiger partial charge in [-0.3, -0.25) is 9.78 Å². The smallest absolute Gasteiger partial charge is 0.252 e. The summed E-state index contributed by atoms with van der Waals surface area (Å²) in [7, 11) is 0. The van der Waals surface area contributed by atoms with Crippen LogP contribution in [0.1, 0.15) is 12.6 Å². The normalized spacial score (nSPS) is 10.4. The van der Waals surface area contributed by atoms with E-state index in [0.29, 0.717) is 17.8 Å². The van der Waals surface area contributed by atoms with Gasteiger partial charge in [0.15, 0.2) is 11.6 Å². The van der Waals surface area contributed by atoms with Crippen LogP contribution in [0.5, 0.6) is 0 Å². The van der Waals surface area contributed by atoms with Crippen LogP contribution in [0.4, 0.5) is 20.4 Å². The fourth-order valence-corrected chi connectivity index (χ4v) is 1.46. The largest absolute Gasteiger partial charge is 0.326 e. The standard InChI is InChI=1S/C12H11F2N3O/c1-2-7-6-11(18)17-12(15-7)16-8-3-4-9(13)10(14)5-8/h3-6H,2H2,1H3,(H2,15,16,17,18). The number of aryl methyl sites for hydroxylation is 1. The van der Waals surface area contributed by atoms with Gasteiger partial charge in [0.2, 0.25) is 5.95 Å². The Hall–Kier alpha value is -2.24. The van der Waals surface area contributed by atoms with Crippen LogP contribution < -0.4 is 10.9 Å². The molecule has 1 heterocycles. The number of nitrogens with one attached hydrogen (secondary N) is 2. The van der Waals surface area contributed by atoms with Gasteiger partial charge in [-0.15, -0.1) is 0 Å². The molecule has 18 heavy (non-hydrogen) atoms. The third kappa shape index (κ3) is 2.71. The molecule has 0 radical (unpaired) electrons. The summed E-state index contributed by atoms with van der Waals surface area (Å²) in [6, 6.07) is 4.74. The Morgan fingerprint density at radius 2 is 2.06 bits per heavy atom. The Balaban J connectivity index is 2.30. The number of hydrogen-bond acceptors (Lipinski definition) is 3. The number of anilines is 2. The van der Waals surface area contributed by atoms with Crippen molar-refractivity contribution in [2.45, 2.75) is 13.3 Å². The minimum Gasteiger partial charge on any atom is -0.326 e. The molecule has 94 valence electrons. The first-order chi connectivity index (χ1) is 8.58. The molecule has 0 aliphatic carbocycles. The quantitative estimate of drug-likeness (QED) is 0.880. The molecule has 2 rings (SSSR count). The zero-order valence-electron chi connectivity index (χ0n) is 9.63. The number of halogens is 2. The molecule has 0 saturated carbocycles. The summed E-state index contributed by atoms with van der Waals surface area (Å²) in [5.74, 6) is -1.69. The van der Waals surface area contributed by atoms with Crippen molar-refractivity contribution in [3.8, 4) is 0 Å². The third-order valence-electron chi connectivity index (χ3n) is 2.34. The summed E-state index contributed by atoms with van der Waals surface area (Å²) in [4.78, 5) is 17.9. The van der Waals surface area contributed by atoms with Crippen LogP contribution in [0, 0.1) is 11.6 Å². The summed E-state index contributed by atoms with van der Waals surface area (Å²) in [5, 5.41) is 2.71. The van der Waals surface area contributed by atoms with E-state index in [1.54, 1.807) is 0 Å². The topological polar surface area (TPSA) is 57.8 Å². The van der Waals surface area contributed by atoms with Crippen molar-refractivity contribution in [3.63, 3.8) is 0 Å². The van der Waals surface area contributed by atoms with Gasteiger partial charge < -0.3 is 5.32 Å². The molecule has 1 aromatic heterocycles. The molecular formula is C12H11F2N3O. The molecule has 0 fully saturated rings. The SMILES string of the molecule is CCc1cc(=O)[nH]c(Nc2ccc(F)c(F)c2)n1. The zero-order chi connectivity index (χ0) is 13.1. The van der Waals surface area contributed by atoms with Gasteiger partial charge in [-0.05, 0) is 18.6 Å². The molecule has 6 heteroatoms. The third-order valence-corrected chi connectivity index (χ3v) is 2.34. The molecule has 1 aromatic carbocycles. The van der Waals surface area contributed by atoms with Crippen LogP contribution in [0.2, 0.25) is 0 Å². The Bertz CT molecular complexity index is 625. The minimum atomic E-state index is -0.964. The summed E-state index contributed by atoms with van der Waals surface area (Å²) in [5.41, 5.74) is 0.626. The average molecular weight is 251 g/mol. The zero-order valence-corrected chi connectivity index (χ0v) is 9.63. The van der Waals surface area contributed by atoms with Crippen molar-refractivity contribution in [2.24, 2.45) is 0 Å².